The first kappa shape index (κ1) is 14.8. The molecule has 0 radical (unpaired) electrons. The molecule has 18 heavy (non-hydrogen) atoms. The van der Waals surface area contributed by atoms with Crippen LogP contribution in [0.2, 0.25) is 0 Å². The van der Waals surface area contributed by atoms with E-state index in [1.165, 1.54) is 19.3 Å². The lowest BCUT2D eigenvalue weighted by Crippen LogP contribution is -2.16. The predicted molar refractivity (Wildman–Crippen MR) is 76.7 cm³/mol. The third kappa shape index (κ3) is 5.87. The van der Waals surface area contributed by atoms with E-state index in [2.05, 4.69) is 13.5 Å². The Kier molecular flexibility index (Phi) is 7.19. The molecule has 2 nitrogen and oxygen atoms in total. The first-order valence-electron chi connectivity index (χ1n) is 6.77. The van der Waals surface area contributed by atoms with Crippen LogP contribution < -0.4 is 4.74 Å². The molecule has 0 amide bonds. The van der Waals surface area contributed by atoms with Gasteiger partial charge in [0.25, 0.3) is 0 Å². The van der Waals surface area contributed by atoms with Crippen LogP contribution in [0.4, 0.5) is 0 Å². The molecule has 100 valence electrons. The summed E-state index contributed by atoms with van der Waals surface area (Å²) in [7, 11) is 0. The van der Waals surface area contributed by atoms with Crippen molar-refractivity contribution >= 4 is 6.08 Å². The molecule has 1 aromatic carbocycles. The Labute approximate surface area is 111 Å². The molecule has 1 atom stereocenters. The highest BCUT2D eigenvalue weighted by Crippen LogP contribution is 2.15. The van der Waals surface area contributed by atoms with Crippen molar-refractivity contribution < 1.29 is 9.47 Å². The monoisotopic (exact) mass is 248 g/mol. The first-order chi connectivity index (χ1) is 8.76. The standard InChI is InChI=1S/C16H24O2/c1-4-6-7-8-13-17-14(3)18-16-11-9-15(5-2)10-12-16/h5,9-12,14H,2,4,6-8,13H2,1,3H3. The third-order valence-corrected chi connectivity index (χ3v) is 2.77. The van der Waals surface area contributed by atoms with Crippen LogP contribution in [0.15, 0.2) is 30.8 Å². The van der Waals surface area contributed by atoms with Crippen LogP contribution in [0.5, 0.6) is 5.75 Å². The highest BCUT2D eigenvalue weighted by molar-refractivity contribution is 5.48. The summed E-state index contributed by atoms with van der Waals surface area (Å²) in [6, 6.07) is 7.84. The minimum Gasteiger partial charge on any atom is -0.465 e. The zero-order valence-corrected chi connectivity index (χ0v) is 11.5. The summed E-state index contributed by atoms with van der Waals surface area (Å²) in [4.78, 5) is 0. The fraction of sp³-hybridized carbons (Fsp3) is 0.500. The normalized spacial score (nSPS) is 12.1. The van der Waals surface area contributed by atoms with Crippen LogP contribution in [-0.4, -0.2) is 12.9 Å². The zero-order valence-electron chi connectivity index (χ0n) is 11.5. The molecule has 0 N–H and O–H groups in total. The first-order valence-corrected chi connectivity index (χ1v) is 6.77. The molecule has 0 heterocycles. The van der Waals surface area contributed by atoms with Crippen LogP contribution >= 0.6 is 0 Å². The number of rotatable bonds is 9. The SMILES string of the molecule is C=Cc1ccc(OC(C)OCCCCCC)cc1. The second kappa shape index (κ2) is 8.76. The molecule has 2 heteroatoms. The molecule has 0 aliphatic rings. The molecule has 0 aliphatic carbocycles. The van der Waals surface area contributed by atoms with E-state index < -0.39 is 0 Å². The molecular weight excluding hydrogens is 224 g/mol. The molecule has 0 aliphatic heterocycles. The molecule has 1 unspecified atom stereocenters. The largest absolute Gasteiger partial charge is 0.465 e. The van der Waals surface area contributed by atoms with Crippen molar-refractivity contribution in [2.24, 2.45) is 0 Å². The van der Waals surface area contributed by atoms with Gasteiger partial charge < -0.3 is 9.47 Å². The van der Waals surface area contributed by atoms with Gasteiger partial charge in [-0.3, -0.25) is 0 Å². The summed E-state index contributed by atoms with van der Waals surface area (Å²) in [6.07, 6.45) is 6.50. The third-order valence-electron chi connectivity index (χ3n) is 2.77. The molecule has 0 bridgehead atoms. The highest BCUT2D eigenvalue weighted by atomic mass is 16.7. The van der Waals surface area contributed by atoms with E-state index in [0.717, 1.165) is 24.3 Å². The van der Waals surface area contributed by atoms with Gasteiger partial charge in [-0.2, -0.15) is 0 Å². The Morgan fingerprint density at radius 1 is 1.17 bits per heavy atom. The molecule has 0 aromatic heterocycles. The van der Waals surface area contributed by atoms with Crippen LogP contribution in [-0.2, 0) is 4.74 Å². The molecule has 0 saturated heterocycles. The lowest BCUT2D eigenvalue weighted by molar-refractivity contribution is -0.0676. The average Bonchev–Trinajstić information content (AvgIpc) is 2.39. The summed E-state index contributed by atoms with van der Waals surface area (Å²) in [5, 5.41) is 0. The summed E-state index contributed by atoms with van der Waals surface area (Å²) in [5.41, 5.74) is 1.09. The number of hydrogen-bond acceptors (Lipinski definition) is 2. The maximum atomic E-state index is 5.66. The Hall–Kier alpha value is -1.28. The van der Waals surface area contributed by atoms with Gasteiger partial charge in [0.05, 0.1) is 6.61 Å². The van der Waals surface area contributed by atoms with E-state index in [1.807, 2.05) is 37.3 Å². The van der Waals surface area contributed by atoms with E-state index in [1.54, 1.807) is 0 Å². The second-order valence-corrected chi connectivity index (χ2v) is 4.39. The van der Waals surface area contributed by atoms with Crippen molar-refractivity contribution in [1.29, 1.82) is 0 Å². The maximum absolute atomic E-state index is 5.66. The maximum Gasteiger partial charge on any atom is 0.196 e. The van der Waals surface area contributed by atoms with Crippen LogP contribution in [0.25, 0.3) is 6.08 Å². The average molecular weight is 248 g/mol. The van der Waals surface area contributed by atoms with Gasteiger partial charge in [0, 0.05) is 0 Å². The van der Waals surface area contributed by atoms with Gasteiger partial charge in [-0.25, -0.2) is 0 Å². The van der Waals surface area contributed by atoms with Crippen molar-refractivity contribution in [2.75, 3.05) is 6.61 Å². The molecule has 0 saturated carbocycles. The smallest absolute Gasteiger partial charge is 0.196 e. The van der Waals surface area contributed by atoms with E-state index in [-0.39, 0.29) is 6.29 Å². The van der Waals surface area contributed by atoms with E-state index in [9.17, 15) is 0 Å². The van der Waals surface area contributed by atoms with E-state index in [4.69, 9.17) is 9.47 Å². The highest BCUT2D eigenvalue weighted by Gasteiger charge is 2.03. The fourth-order valence-electron chi connectivity index (χ4n) is 1.69. The molecule has 1 rings (SSSR count). The van der Waals surface area contributed by atoms with Crippen molar-refractivity contribution in [3.63, 3.8) is 0 Å². The Morgan fingerprint density at radius 2 is 1.89 bits per heavy atom. The summed E-state index contributed by atoms with van der Waals surface area (Å²) >= 11 is 0. The van der Waals surface area contributed by atoms with Crippen LogP contribution in [0, 0.1) is 0 Å². The van der Waals surface area contributed by atoms with Gasteiger partial charge in [-0.1, -0.05) is 51.0 Å². The van der Waals surface area contributed by atoms with Crippen LogP contribution in [0.1, 0.15) is 45.1 Å². The van der Waals surface area contributed by atoms with Crippen molar-refractivity contribution in [3.8, 4) is 5.75 Å². The summed E-state index contributed by atoms with van der Waals surface area (Å²) < 4.78 is 11.3. The van der Waals surface area contributed by atoms with Crippen molar-refractivity contribution in [1.82, 2.24) is 0 Å². The molecule has 1 aromatic rings. The van der Waals surface area contributed by atoms with Gasteiger partial charge in [-0.05, 0) is 31.0 Å². The quantitative estimate of drug-likeness (QED) is 0.468. The topological polar surface area (TPSA) is 18.5 Å². The van der Waals surface area contributed by atoms with Crippen molar-refractivity contribution in [2.45, 2.75) is 45.8 Å². The van der Waals surface area contributed by atoms with E-state index >= 15 is 0 Å². The second-order valence-electron chi connectivity index (χ2n) is 4.39. The number of benzene rings is 1. The molecular formula is C16H24O2. The lowest BCUT2D eigenvalue weighted by Gasteiger charge is -2.15. The van der Waals surface area contributed by atoms with Crippen molar-refractivity contribution in [3.05, 3.63) is 36.4 Å². The zero-order chi connectivity index (χ0) is 13.2. The minimum absolute atomic E-state index is 0.193. The van der Waals surface area contributed by atoms with Gasteiger partial charge in [-0.15, -0.1) is 0 Å². The Morgan fingerprint density at radius 3 is 2.50 bits per heavy atom. The number of ether oxygens (including phenoxy) is 2. The van der Waals surface area contributed by atoms with Gasteiger partial charge >= 0.3 is 0 Å². The van der Waals surface area contributed by atoms with Gasteiger partial charge in [0.2, 0.25) is 0 Å². The van der Waals surface area contributed by atoms with Crippen LogP contribution in [0.3, 0.4) is 0 Å². The Balaban J connectivity index is 2.22. The van der Waals surface area contributed by atoms with E-state index in [0.29, 0.717) is 0 Å². The van der Waals surface area contributed by atoms with Gasteiger partial charge in [0.1, 0.15) is 5.75 Å². The Bertz CT molecular complexity index is 329. The summed E-state index contributed by atoms with van der Waals surface area (Å²) in [6.45, 7) is 8.63. The predicted octanol–water partition coefficient (Wildman–Crippen LogP) is 4.65. The number of unbranched alkanes of at least 4 members (excludes halogenated alkanes) is 3. The molecule has 0 spiro atoms. The summed E-state index contributed by atoms with van der Waals surface area (Å²) in [5.74, 6) is 0.835. The fourth-order valence-corrected chi connectivity index (χ4v) is 1.69. The molecule has 0 fully saturated rings. The minimum atomic E-state index is -0.193. The number of hydrogen-bond donors (Lipinski definition) is 0. The van der Waals surface area contributed by atoms with Gasteiger partial charge in [0.15, 0.2) is 6.29 Å². The lowest BCUT2D eigenvalue weighted by atomic mass is 10.2.